The molecule has 0 saturated heterocycles. The molecule has 1 fully saturated rings. The second-order valence-corrected chi connectivity index (χ2v) is 9.45. The van der Waals surface area contributed by atoms with Gasteiger partial charge in [0.2, 0.25) is 5.91 Å². The van der Waals surface area contributed by atoms with Gasteiger partial charge in [0.1, 0.15) is 17.4 Å². The van der Waals surface area contributed by atoms with Gasteiger partial charge in [0.05, 0.1) is 6.10 Å². The molecule has 34 heavy (non-hydrogen) atoms. The highest BCUT2D eigenvalue weighted by molar-refractivity contribution is 6.21. The summed E-state index contributed by atoms with van der Waals surface area (Å²) in [4.78, 5) is 37.0. The van der Waals surface area contributed by atoms with Gasteiger partial charge in [0, 0.05) is 19.0 Å². The van der Waals surface area contributed by atoms with Gasteiger partial charge in [0.25, 0.3) is 5.91 Å². The molecule has 2 bridgehead atoms. The van der Waals surface area contributed by atoms with Crippen LogP contribution >= 0.6 is 0 Å². The van der Waals surface area contributed by atoms with E-state index in [1.807, 2.05) is 12.2 Å². The zero-order valence-electron chi connectivity index (χ0n) is 19.2. The Kier molecular flexibility index (Phi) is 7.32. The highest BCUT2D eigenvalue weighted by atomic mass is 16.3. The first-order valence-corrected chi connectivity index (χ1v) is 12.0. The Labute approximate surface area is 199 Å². The van der Waals surface area contributed by atoms with Crippen molar-refractivity contribution in [3.63, 3.8) is 0 Å². The van der Waals surface area contributed by atoms with Crippen molar-refractivity contribution in [3.05, 3.63) is 72.1 Å². The smallest absolute Gasteiger partial charge is 0.259 e. The molecule has 2 aliphatic heterocycles. The summed E-state index contributed by atoms with van der Waals surface area (Å²) in [5.41, 5.74) is 0.886. The number of amides is 2. The van der Waals surface area contributed by atoms with Gasteiger partial charge in [-0.3, -0.25) is 14.4 Å². The van der Waals surface area contributed by atoms with E-state index in [0.717, 1.165) is 12.8 Å². The van der Waals surface area contributed by atoms with Crippen LogP contribution in [0.1, 0.15) is 32.1 Å². The molecule has 4 aliphatic rings. The molecule has 7 nitrogen and oxygen atoms in total. The van der Waals surface area contributed by atoms with Gasteiger partial charge < -0.3 is 20.8 Å². The number of hydrogen-bond donors (Lipinski definition) is 4. The van der Waals surface area contributed by atoms with Crippen LogP contribution in [0.4, 0.5) is 0 Å². The quantitative estimate of drug-likeness (QED) is 0.325. The van der Waals surface area contributed by atoms with E-state index in [9.17, 15) is 24.6 Å². The molecular formula is C27H32N2O5. The third-order valence-electron chi connectivity index (χ3n) is 7.34. The number of rotatable bonds is 0. The molecular weight excluding hydrogens is 432 g/mol. The summed E-state index contributed by atoms with van der Waals surface area (Å²) in [7, 11) is 0. The molecule has 0 aromatic carbocycles. The summed E-state index contributed by atoms with van der Waals surface area (Å²) in [5.74, 6) is -0.214. The summed E-state index contributed by atoms with van der Waals surface area (Å²) >= 11 is 0. The van der Waals surface area contributed by atoms with E-state index in [0.29, 0.717) is 30.1 Å². The molecule has 6 atom stereocenters. The SMILES string of the molecule is C=C1C=C[C@@H]2[C@H]3C/C=C\C=C/C(=O)NCCC(O)C4NC(=O)C(=C4O)C(=O)CC/C=C\[C@@H]3C[C@H]12. The van der Waals surface area contributed by atoms with Gasteiger partial charge in [0.15, 0.2) is 5.78 Å². The molecule has 7 heteroatoms. The standard InChI is InChI=1S/C27H32N2O5/c1-16-11-12-19-18-8-3-2-4-10-23(32)28-14-13-22(31)25-26(33)24(27(34)29-25)21(30)9-6-5-7-17(18)15-20(16)19/h2-5,7,10-12,17-20,22,25,31,33H,1,6,8-9,13-15H2,(H,28,32)(H,29,34)/b3-2-,7-5-,10-4-/t17-,18+,19-,20-,22?,25?/m1/s1. The maximum Gasteiger partial charge on any atom is 0.259 e. The average molecular weight is 465 g/mol. The minimum atomic E-state index is -1.13. The number of aliphatic hydroxyl groups excluding tert-OH is 2. The molecule has 2 heterocycles. The van der Waals surface area contributed by atoms with E-state index < -0.39 is 29.6 Å². The van der Waals surface area contributed by atoms with Gasteiger partial charge in [-0.1, -0.05) is 54.7 Å². The van der Waals surface area contributed by atoms with Crippen molar-refractivity contribution in [2.75, 3.05) is 6.54 Å². The van der Waals surface area contributed by atoms with Gasteiger partial charge in [-0.15, -0.1) is 0 Å². The maximum atomic E-state index is 12.7. The molecule has 4 rings (SSSR count). The largest absolute Gasteiger partial charge is 0.509 e. The number of aliphatic hydroxyl groups is 2. The van der Waals surface area contributed by atoms with Crippen molar-refractivity contribution in [2.24, 2.45) is 23.7 Å². The number of carbonyl (C=O) groups is 3. The number of hydrogen-bond acceptors (Lipinski definition) is 5. The number of fused-ring (bicyclic) bond motifs is 4. The molecule has 0 aromatic rings. The Morgan fingerprint density at radius 1 is 1.06 bits per heavy atom. The second-order valence-electron chi connectivity index (χ2n) is 9.45. The van der Waals surface area contributed by atoms with E-state index in [1.54, 1.807) is 6.08 Å². The summed E-state index contributed by atoms with van der Waals surface area (Å²) < 4.78 is 0. The fourth-order valence-corrected chi connectivity index (χ4v) is 5.53. The lowest BCUT2D eigenvalue weighted by atomic mass is 9.85. The van der Waals surface area contributed by atoms with Crippen LogP contribution in [-0.2, 0) is 14.4 Å². The second kappa shape index (κ2) is 10.4. The summed E-state index contributed by atoms with van der Waals surface area (Å²) in [5, 5.41) is 26.0. The molecule has 4 N–H and O–H groups in total. The lowest BCUT2D eigenvalue weighted by molar-refractivity contribution is -0.122. The zero-order valence-corrected chi connectivity index (χ0v) is 19.2. The Balaban J connectivity index is 1.53. The molecule has 0 aromatic heterocycles. The van der Waals surface area contributed by atoms with Crippen molar-refractivity contribution < 1.29 is 24.6 Å². The first-order valence-electron chi connectivity index (χ1n) is 12.0. The summed E-state index contributed by atoms with van der Waals surface area (Å²) in [6, 6.07) is -1.05. The Bertz CT molecular complexity index is 1020. The van der Waals surface area contributed by atoms with Gasteiger partial charge in [-0.2, -0.15) is 0 Å². The van der Waals surface area contributed by atoms with E-state index in [2.05, 4.69) is 41.5 Å². The third-order valence-corrected chi connectivity index (χ3v) is 7.34. The van der Waals surface area contributed by atoms with E-state index in [4.69, 9.17) is 0 Å². The van der Waals surface area contributed by atoms with Crippen molar-refractivity contribution >= 4 is 17.6 Å². The van der Waals surface area contributed by atoms with Gasteiger partial charge >= 0.3 is 0 Å². The highest BCUT2D eigenvalue weighted by Gasteiger charge is 2.43. The van der Waals surface area contributed by atoms with Crippen LogP contribution < -0.4 is 10.6 Å². The van der Waals surface area contributed by atoms with Crippen molar-refractivity contribution in [1.29, 1.82) is 0 Å². The first-order chi connectivity index (χ1) is 16.4. The maximum absolute atomic E-state index is 12.7. The van der Waals surface area contributed by atoms with E-state index >= 15 is 0 Å². The number of allylic oxidation sites excluding steroid dienone is 8. The fraction of sp³-hybridized carbons (Fsp3) is 0.444. The lowest BCUT2D eigenvalue weighted by Crippen LogP contribution is -2.41. The Hall–Kier alpha value is -3.19. The van der Waals surface area contributed by atoms with Gasteiger partial charge in [-0.05, 0) is 49.4 Å². The van der Waals surface area contributed by atoms with Crippen LogP contribution in [0.25, 0.3) is 0 Å². The van der Waals surface area contributed by atoms with Crippen LogP contribution in [0.2, 0.25) is 0 Å². The normalized spacial score (nSPS) is 37.6. The van der Waals surface area contributed by atoms with Crippen LogP contribution in [0.3, 0.4) is 0 Å². The predicted octanol–water partition coefficient (Wildman–Crippen LogP) is 2.58. The first kappa shape index (κ1) is 24.0. The van der Waals surface area contributed by atoms with Crippen molar-refractivity contribution in [2.45, 2.75) is 44.2 Å². The number of Topliss-reactive ketones (excluding diaryl/α,β-unsaturated/α-hetero) is 1. The van der Waals surface area contributed by atoms with E-state index in [1.165, 1.54) is 11.6 Å². The van der Waals surface area contributed by atoms with Crippen molar-refractivity contribution in [3.8, 4) is 0 Å². The molecule has 2 aliphatic carbocycles. The monoisotopic (exact) mass is 464 g/mol. The highest BCUT2D eigenvalue weighted by Crippen LogP contribution is 2.51. The van der Waals surface area contributed by atoms with E-state index in [-0.39, 0.29) is 30.9 Å². The molecule has 180 valence electrons. The van der Waals surface area contributed by atoms with Crippen LogP contribution in [0.5, 0.6) is 0 Å². The predicted molar refractivity (Wildman–Crippen MR) is 128 cm³/mol. The summed E-state index contributed by atoms with van der Waals surface area (Å²) in [6.07, 6.45) is 17.1. The third kappa shape index (κ3) is 4.99. The minimum absolute atomic E-state index is 0.101. The zero-order chi connectivity index (χ0) is 24.2. The summed E-state index contributed by atoms with van der Waals surface area (Å²) in [6.45, 7) is 4.35. The molecule has 2 unspecified atom stereocenters. The minimum Gasteiger partial charge on any atom is -0.509 e. The Morgan fingerprint density at radius 3 is 2.71 bits per heavy atom. The molecule has 2 amide bonds. The number of nitrogens with one attached hydrogen (secondary N) is 2. The Morgan fingerprint density at radius 2 is 1.88 bits per heavy atom. The number of carbonyl (C=O) groups excluding carboxylic acids is 3. The molecule has 0 spiro atoms. The topological polar surface area (TPSA) is 116 Å². The average Bonchev–Trinajstić information content (AvgIpc) is 3.43. The van der Waals surface area contributed by atoms with Crippen LogP contribution in [0.15, 0.2) is 72.1 Å². The number of ketones is 1. The van der Waals surface area contributed by atoms with Crippen LogP contribution in [0, 0.1) is 23.7 Å². The molecule has 0 radical (unpaired) electrons. The molecule has 1 saturated carbocycles. The fourth-order valence-electron chi connectivity index (χ4n) is 5.53. The van der Waals surface area contributed by atoms with Crippen LogP contribution in [-0.4, -0.2) is 46.5 Å². The van der Waals surface area contributed by atoms with Crippen molar-refractivity contribution in [1.82, 2.24) is 10.6 Å². The lowest BCUT2D eigenvalue weighted by Gasteiger charge is -2.19. The van der Waals surface area contributed by atoms with Gasteiger partial charge in [-0.25, -0.2) is 0 Å².